The average molecular weight is 549 g/mol. The van der Waals surface area contributed by atoms with Gasteiger partial charge in [0, 0.05) is 18.5 Å². The van der Waals surface area contributed by atoms with Crippen molar-refractivity contribution in [2.24, 2.45) is 11.3 Å². The van der Waals surface area contributed by atoms with E-state index in [4.69, 9.17) is 13.4 Å². The number of aromatic nitrogens is 1. The highest BCUT2D eigenvalue weighted by molar-refractivity contribution is 6.74. The molecular formula is C28H48N2O5Si2. The number of rotatable bonds is 8. The van der Waals surface area contributed by atoms with E-state index >= 15 is 0 Å². The SMILES string of the molecule is C[SiH](C)OC(c1c(O[Si](C)(C)C(C)(C)C)ccc2c(CCC3CCN(C(=O)O)CC3)noc12)C(C)(C)C. The molecule has 0 spiro atoms. The van der Waals surface area contributed by atoms with Gasteiger partial charge in [0.1, 0.15) is 5.75 Å². The topological polar surface area (TPSA) is 85.0 Å². The number of carboxylic acid groups (broad SMARTS) is 1. The van der Waals surface area contributed by atoms with Gasteiger partial charge < -0.3 is 23.4 Å². The fourth-order valence-corrected chi connectivity index (χ4v) is 6.86. The molecule has 1 saturated heterocycles. The number of aryl methyl sites for hydroxylation is 1. The minimum Gasteiger partial charge on any atom is -0.543 e. The third-order valence-electron chi connectivity index (χ3n) is 8.02. The molecule has 0 radical (unpaired) electrons. The van der Waals surface area contributed by atoms with Crippen molar-refractivity contribution in [1.29, 1.82) is 0 Å². The molecule has 1 atom stereocenters. The van der Waals surface area contributed by atoms with Gasteiger partial charge in [-0.2, -0.15) is 0 Å². The van der Waals surface area contributed by atoms with E-state index in [-0.39, 0.29) is 16.6 Å². The maximum Gasteiger partial charge on any atom is 0.407 e. The summed E-state index contributed by atoms with van der Waals surface area (Å²) in [5, 5.41) is 14.9. The van der Waals surface area contributed by atoms with E-state index in [1.807, 2.05) is 0 Å². The number of hydrogen-bond donors (Lipinski definition) is 1. The Morgan fingerprint density at radius 2 is 1.81 bits per heavy atom. The smallest absolute Gasteiger partial charge is 0.407 e. The molecule has 1 fully saturated rings. The summed E-state index contributed by atoms with van der Waals surface area (Å²) in [6.45, 7) is 23.6. The molecule has 1 aliphatic rings. The van der Waals surface area contributed by atoms with Crippen LogP contribution in [0.2, 0.25) is 31.2 Å². The van der Waals surface area contributed by atoms with E-state index in [2.05, 4.69) is 85.0 Å². The van der Waals surface area contributed by atoms with Crippen LogP contribution in [0.5, 0.6) is 5.75 Å². The van der Waals surface area contributed by atoms with Crippen molar-refractivity contribution in [3.63, 3.8) is 0 Å². The summed E-state index contributed by atoms with van der Waals surface area (Å²) in [4.78, 5) is 12.8. The number of likely N-dealkylation sites (tertiary alicyclic amines) is 1. The summed E-state index contributed by atoms with van der Waals surface area (Å²) < 4.78 is 19.7. The molecule has 0 bridgehead atoms. The van der Waals surface area contributed by atoms with Crippen LogP contribution >= 0.6 is 0 Å². The fraction of sp³-hybridized carbons (Fsp3) is 0.714. The monoisotopic (exact) mass is 548 g/mol. The Morgan fingerprint density at radius 1 is 1.19 bits per heavy atom. The summed E-state index contributed by atoms with van der Waals surface area (Å²) in [5.74, 6) is 1.36. The number of fused-ring (bicyclic) bond motifs is 1. The Labute approximate surface area is 225 Å². The highest BCUT2D eigenvalue weighted by Gasteiger charge is 2.41. The molecule has 2 heterocycles. The third-order valence-corrected chi connectivity index (χ3v) is 13.2. The van der Waals surface area contributed by atoms with Crippen LogP contribution in [0, 0.1) is 11.3 Å². The van der Waals surface area contributed by atoms with Gasteiger partial charge in [-0.1, -0.05) is 46.7 Å². The van der Waals surface area contributed by atoms with E-state index in [0.29, 0.717) is 19.0 Å². The Kier molecular flexibility index (Phi) is 8.91. The number of amides is 1. The predicted molar refractivity (Wildman–Crippen MR) is 155 cm³/mol. The fourth-order valence-electron chi connectivity index (χ4n) is 4.73. The van der Waals surface area contributed by atoms with Crippen molar-refractivity contribution in [3.05, 3.63) is 23.4 Å². The average Bonchev–Trinajstić information content (AvgIpc) is 3.17. The first-order chi connectivity index (χ1) is 17.0. The van der Waals surface area contributed by atoms with Gasteiger partial charge >= 0.3 is 6.09 Å². The Balaban J connectivity index is 1.98. The van der Waals surface area contributed by atoms with Crippen molar-refractivity contribution < 1.29 is 23.3 Å². The molecule has 2 aromatic rings. The van der Waals surface area contributed by atoms with Gasteiger partial charge in [-0.15, -0.1) is 0 Å². The maximum atomic E-state index is 11.2. The molecule has 0 saturated carbocycles. The lowest BCUT2D eigenvalue weighted by molar-refractivity contribution is 0.0850. The zero-order valence-electron chi connectivity index (χ0n) is 24.6. The lowest BCUT2D eigenvalue weighted by atomic mass is 9.83. The minimum atomic E-state index is -2.11. The number of piperidine rings is 1. The number of nitrogens with zero attached hydrogens (tertiary/aromatic N) is 2. The summed E-state index contributed by atoms with van der Waals surface area (Å²) >= 11 is 0. The zero-order chi connectivity index (χ0) is 27.8. The van der Waals surface area contributed by atoms with E-state index < -0.39 is 23.5 Å². The molecule has 1 aliphatic heterocycles. The van der Waals surface area contributed by atoms with Gasteiger partial charge in [0.2, 0.25) is 8.32 Å². The Hall–Kier alpha value is -1.85. The van der Waals surface area contributed by atoms with Crippen LogP contribution in [0.4, 0.5) is 4.79 Å². The normalized spacial score (nSPS) is 17.0. The van der Waals surface area contributed by atoms with Crippen LogP contribution in [0.1, 0.15) is 78.2 Å². The maximum absolute atomic E-state index is 11.2. The Morgan fingerprint density at radius 3 is 2.32 bits per heavy atom. The molecule has 3 rings (SSSR count). The first kappa shape index (κ1) is 29.7. The van der Waals surface area contributed by atoms with Crippen molar-refractivity contribution in [2.45, 2.75) is 105 Å². The lowest BCUT2D eigenvalue weighted by Gasteiger charge is -2.39. The summed E-state index contributed by atoms with van der Waals surface area (Å²) in [6.07, 6.45) is 2.61. The second-order valence-corrected chi connectivity index (χ2v) is 20.6. The van der Waals surface area contributed by atoms with Gasteiger partial charge in [-0.25, -0.2) is 4.79 Å². The van der Waals surface area contributed by atoms with Crippen LogP contribution in [0.25, 0.3) is 11.0 Å². The number of hydrogen-bond acceptors (Lipinski definition) is 5. The molecule has 1 N–H and O–H groups in total. The second kappa shape index (κ2) is 11.1. The second-order valence-electron chi connectivity index (χ2n) is 13.5. The highest BCUT2D eigenvalue weighted by Crippen LogP contribution is 2.47. The van der Waals surface area contributed by atoms with Gasteiger partial charge in [0.25, 0.3) is 0 Å². The molecule has 1 aromatic carbocycles. The standard InChI is InChI=1S/C28H48N2O5Si2/c1-27(2,3)25(34-36(7)8)23-22(35-37(9,10)28(4,5)6)14-12-20-21(29-33-24(20)23)13-11-19-15-17-30(18-16-19)26(31)32/h12,14,19,25,36H,11,13,15-18H2,1-10H3,(H,31,32). The van der Waals surface area contributed by atoms with Gasteiger partial charge in [-0.05, 0) is 80.4 Å². The van der Waals surface area contributed by atoms with Crippen LogP contribution in [0.15, 0.2) is 16.7 Å². The van der Waals surface area contributed by atoms with E-state index in [0.717, 1.165) is 53.7 Å². The summed E-state index contributed by atoms with van der Waals surface area (Å²) in [5.41, 5.74) is 2.58. The van der Waals surface area contributed by atoms with Gasteiger partial charge in [0.05, 0.1) is 17.4 Å². The first-order valence-electron chi connectivity index (χ1n) is 13.7. The van der Waals surface area contributed by atoms with Gasteiger partial charge in [-0.3, -0.25) is 0 Å². The largest absolute Gasteiger partial charge is 0.543 e. The molecule has 1 unspecified atom stereocenters. The highest BCUT2D eigenvalue weighted by atomic mass is 28.4. The Bertz CT molecular complexity index is 1080. The van der Waals surface area contributed by atoms with Gasteiger partial charge in [0.15, 0.2) is 14.6 Å². The summed E-state index contributed by atoms with van der Waals surface area (Å²) in [6, 6.07) is 4.21. The molecule has 208 valence electrons. The zero-order valence-corrected chi connectivity index (χ0v) is 26.8. The van der Waals surface area contributed by atoms with Crippen molar-refractivity contribution in [1.82, 2.24) is 10.1 Å². The van der Waals surface area contributed by atoms with Crippen molar-refractivity contribution in [3.8, 4) is 5.75 Å². The number of carbonyl (C=O) groups is 1. The van der Waals surface area contributed by atoms with E-state index in [9.17, 15) is 9.90 Å². The third kappa shape index (κ3) is 6.97. The van der Waals surface area contributed by atoms with Crippen LogP contribution < -0.4 is 4.43 Å². The van der Waals surface area contributed by atoms with Crippen LogP contribution in [0.3, 0.4) is 0 Å². The van der Waals surface area contributed by atoms with E-state index in [1.165, 1.54) is 4.90 Å². The lowest BCUT2D eigenvalue weighted by Crippen LogP contribution is -2.44. The molecular weight excluding hydrogens is 500 g/mol. The van der Waals surface area contributed by atoms with Crippen LogP contribution in [-0.2, 0) is 10.8 Å². The van der Waals surface area contributed by atoms with Crippen molar-refractivity contribution >= 4 is 34.4 Å². The summed E-state index contributed by atoms with van der Waals surface area (Å²) in [7, 11) is -3.48. The molecule has 1 aromatic heterocycles. The predicted octanol–water partition coefficient (Wildman–Crippen LogP) is 7.62. The molecule has 0 aliphatic carbocycles. The van der Waals surface area contributed by atoms with Crippen molar-refractivity contribution in [2.75, 3.05) is 13.1 Å². The molecule has 37 heavy (non-hydrogen) atoms. The first-order valence-corrected chi connectivity index (χ1v) is 19.4. The van der Waals surface area contributed by atoms with E-state index in [1.54, 1.807) is 0 Å². The quantitative estimate of drug-likeness (QED) is 0.342. The molecule has 1 amide bonds. The van der Waals surface area contributed by atoms with Crippen LogP contribution in [-0.4, -0.2) is 51.7 Å². The minimum absolute atomic E-state index is 0.0624. The molecule has 7 nitrogen and oxygen atoms in total. The number of benzene rings is 1. The molecule has 9 heteroatoms.